The van der Waals surface area contributed by atoms with E-state index in [2.05, 4.69) is 6.92 Å². The van der Waals surface area contributed by atoms with Crippen molar-refractivity contribution in [3.05, 3.63) is 0 Å². The van der Waals surface area contributed by atoms with Gasteiger partial charge in [-0.3, -0.25) is 0 Å². The fourth-order valence-corrected chi connectivity index (χ4v) is 2.22. The quantitative estimate of drug-likeness (QED) is 0.577. The normalized spacial score (nSPS) is 63.4. The summed E-state index contributed by atoms with van der Waals surface area (Å²) in [5.74, 6) is -0.554. The monoisotopic (exact) mass is 158 g/mol. The van der Waals surface area contributed by atoms with Crippen molar-refractivity contribution < 1.29 is 10.8 Å². The number of hydrogen-bond acceptors (Lipinski definition) is 2. The molecule has 2 heteroatoms. The Morgan fingerprint density at radius 2 is 2.36 bits per heavy atom. The largest absolute Gasteiger partial charge is 0.372 e. The van der Waals surface area contributed by atoms with Crippen LogP contribution in [0.4, 0.5) is 0 Å². The van der Waals surface area contributed by atoms with Crippen molar-refractivity contribution in [3.63, 3.8) is 0 Å². The second-order valence-electron chi connectivity index (χ2n) is 3.59. The summed E-state index contributed by atoms with van der Waals surface area (Å²) in [5.41, 5.74) is -0.336. The van der Waals surface area contributed by atoms with Crippen LogP contribution < -0.4 is 0 Å². The van der Waals surface area contributed by atoms with Crippen LogP contribution in [0, 0.1) is 5.89 Å². The Bertz CT molecular complexity index is 205. The fourth-order valence-electron chi connectivity index (χ4n) is 2.22. The molecule has 2 aliphatic rings. The van der Waals surface area contributed by atoms with Crippen molar-refractivity contribution in [3.8, 4) is 0 Å². The van der Waals surface area contributed by atoms with Crippen molar-refractivity contribution in [1.29, 1.82) is 0 Å². The van der Waals surface area contributed by atoms with Crippen LogP contribution in [0.25, 0.3) is 0 Å². The molecule has 0 aromatic heterocycles. The van der Waals surface area contributed by atoms with Crippen molar-refractivity contribution >= 4 is 0 Å². The summed E-state index contributed by atoms with van der Waals surface area (Å²) in [6, 6.07) is 0. The molecule has 2 heterocycles. The first-order chi connectivity index (χ1) is 5.53. The van der Waals surface area contributed by atoms with Gasteiger partial charge in [0.2, 0.25) is 0 Å². The van der Waals surface area contributed by atoms with E-state index in [1.54, 1.807) is 0 Å². The van der Waals surface area contributed by atoms with E-state index in [0.717, 1.165) is 6.42 Å². The Labute approximate surface area is 69.3 Å². The van der Waals surface area contributed by atoms with E-state index < -0.39 is 5.89 Å². The van der Waals surface area contributed by atoms with Crippen LogP contribution in [0.2, 0.25) is 0 Å². The van der Waals surface area contributed by atoms with Gasteiger partial charge in [0.25, 0.3) is 0 Å². The lowest BCUT2D eigenvalue weighted by Crippen LogP contribution is -2.36. The zero-order valence-corrected chi connectivity index (χ0v) is 7.39. The molecule has 2 aliphatic heterocycles. The number of fused-ring (bicyclic) bond motifs is 2. The Kier molecular flexibility index (Phi) is 1.29. The zero-order valence-electron chi connectivity index (χ0n) is 8.39. The van der Waals surface area contributed by atoms with Crippen LogP contribution >= 0.6 is 0 Å². The molecule has 2 nitrogen and oxygen atoms in total. The lowest BCUT2D eigenvalue weighted by Gasteiger charge is -2.28. The van der Waals surface area contributed by atoms with E-state index in [1.165, 1.54) is 0 Å². The van der Waals surface area contributed by atoms with Crippen LogP contribution in [-0.2, 0) is 9.47 Å². The van der Waals surface area contributed by atoms with E-state index in [1.807, 2.05) is 13.8 Å². The van der Waals surface area contributed by atoms with E-state index in [-0.39, 0.29) is 17.8 Å². The number of hydrogen-bond donors (Lipinski definition) is 0. The molecule has 64 valence electrons. The maximum Gasteiger partial charge on any atom is 0.0968 e. The highest BCUT2D eigenvalue weighted by molar-refractivity contribution is 5.03. The molecule has 0 saturated carbocycles. The summed E-state index contributed by atoms with van der Waals surface area (Å²) in [4.78, 5) is 0. The predicted molar refractivity (Wildman–Crippen MR) is 42.5 cm³/mol. The van der Waals surface area contributed by atoms with Crippen molar-refractivity contribution in [2.24, 2.45) is 5.89 Å². The summed E-state index contributed by atoms with van der Waals surface area (Å²) in [6.07, 6.45) is 0.923. The minimum atomic E-state index is -0.554. The molecule has 0 spiro atoms. The van der Waals surface area contributed by atoms with E-state index >= 15 is 0 Å². The van der Waals surface area contributed by atoms with E-state index in [0.29, 0.717) is 6.61 Å². The molecule has 0 aliphatic carbocycles. The molecular weight excluding hydrogens is 140 g/mol. The minimum absolute atomic E-state index is 0.0301. The second kappa shape index (κ2) is 2.20. The van der Waals surface area contributed by atoms with Crippen LogP contribution in [0.15, 0.2) is 0 Å². The van der Waals surface area contributed by atoms with E-state index in [4.69, 9.17) is 10.8 Å². The summed E-state index contributed by atoms with van der Waals surface area (Å²) in [7, 11) is 0. The lowest BCUT2D eigenvalue weighted by atomic mass is 9.88. The third-order valence-electron chi connectivity index (χ3n) is 3.05. The van der Waals surface area contributed by atoms with Crippen molar-refractivity contribution in [1.82, 2.24) is 0 Å². The highest BCUT2D eigenvalue weighted by Crippen LogP contribution is 2.45. The van der Waals surface area contributed by atoms with E-state index in [9.17, 15) is 0 Å². The SMILES string of the molecule is [3H][C@]1(C)[C@@H]2OC[C@@]1(CC)O[C@H]2C. The Balaban J connectivity index is 2.36. The van der Waals surface area contributed by atoms with Crippen LogP contribution in [-0.4, -0.2) is 24.4 Å². The van der Waals surface area contributed by atoms with Crippen molar-refractivity contribution in [2.45, 2.75) is 45.0 Å². The average Bonchev–Trinajstić information content (AvgIpc) is 2.35. The van der Waals surface area contributed by atoms with Crippen LogP contribution in [0.1, 0.15) is 28.6 Å². The van der Waals surface area contributed by atoms with Crippen LogP contribution in [0.5, 0.6) is 0 Å². The van der Waals surface area contributed by atoms with Crippen LogP contribution in [0.3, 0.4) is 0 Å². The number of rotatable bonds is 1. The van der Waals surface area contributed by atoms with Gasteiger partial charge in [-0.05, 0) is 13.3 Å². The van der Waals surface area contributed by atoms with Gasteiger partial charge in [-0.25, -0.2) is 0 Å². The molecule has 2 fully saturated rings. The molecule has 4 atom stereocenters. The molecule has 2 saturated heterocycles. The molecular formula is C9H16O2. The second-order valence-corrected chi connectivity index (χ2v) is 3.59. The number of ether oxygens (including phenoxy) is 2. The topological polar surface area (TPSA) is 18.5 Å². The summed E-state index contributed by atoms with van der Waals surface area (Å²) < 4.78 is 19.6. The van der Waals surface area contributed by atoms with Gasteiger partial charge in [-0.2, -0.15) is 0 Å². The Morgan fingerprint density at radius 3 is 2.64 bits per heavy atom. The first kappa shape index (κ1) is 6.44. The van der Waals surface area contributed by atoms with Gasteiger partial charge in [0.05, 0.1) is 24.4 Å². The standard InChI is InChI=1S/C9H16O2/c1-4-9-5-10-8(6(9)2)7(3)11-9/h6-8H,4-5H2,1-3H3/t6-,7-,8-,9+/m0/s1/i6T. The zero-order chi connectivity index (χ0) is 8.98. The van der Waals surface area contributed by atoms with Gasteiger partial charge >= 0.3 is 0 Å². The summed E-state index contributed by atoms with van der Waals surface area (Å²) in [5, 5.41) is 0. The Hall–Kier alpha value is -0.0800. The molecule has 11 heavy (non-hydrogen) atoms. The average molecular weight is 158 g/mol. The molecule has 0 amide bonds. The van der Waals surface area contributed by atoms with Gasteiger partial charge in [0.1, 0.15) is 0 Å². The fraction of sp³-hybridized carbons (Fsp3) is 1.00. The summed E-state index contributed by atoms with van der Waals surface area (Å²) >= 11 is 0. The molecule has 2 bridgehead atoms. The predicted octanol–water partition coefficient (Wildman–Crippen LogP) is 1.59. The van der Waals surface area contributed by atoms with Gasteiger partial charge in [-0.1, -0.05) is 13.8 Å². The first-order valence-electron chi connectivity index (χ1n) is 4.83. The van der Waals surface area contributed by atoms with Crippen molar-refractivity contribution in [2.75, 3.05) is 6.61 Å². The smallest absolute Gasteiger partial charge is 0.0968 e. The molecule has 0 aromatic rings. The maximum atomic E-state index is 8.19. The highest BCUT2D eigenvalue weighted by Gasteiger charge is 2.56. The van der Waals surface area contributed by atoms with Gasteiger partial charge in [0.15, 0.2) is 0 Å². The highest BCUT2D eigenvalue weighted by atomic mass is 16.6. The van der Waals surface area contributed by atoms with Gasteiger partial charge in [-0.15, -0.1) is 0 Å². The van der Waals surface area contributed by atoms with Gasteiger partial charge < -0.3 is 9.47 Å². The maximum absolute atomic E-state index is 8.19. The molecule has 2 rings (SSSR count). The Morgan fingerprint density at radius 1 is 1.64 bits per heavy atom. The minimum Gasteiger partial charge on any atom is -0.372 e. The molecule has 0 radical (unpaired) electrons. The molecule has 0 aromatic carbocycles. The van der Waals surface area contributed by atoms with Gasteiger partial charge in [0, 0.05) is 7.26 Å². The molecule has 0 N–H and O–H groups in total. The third-order valence-corrected chi connectivity index (χ3v) is 3.05. The first-order valence-corrected chi connectivity index (χ1v) is 4.33. The lowest BCUT2D eigenvalue weighted by molar-refractivity contribution is -0.137. The summed E-state index contributed by atoms with van der Waals surface area (Å²) in [6.45, 7) is 6.58. The third kappa shape index (κ3) is 0.798. The molecule has 0 unspecified atom stereocenters.